The molecule has 0 aromatic rings. The molecule has 0 aromatic heterocycles. The Morgan fingerprint density at radius 3 is 2.14 bits per heavy atom. The highest BCUT2D eigenvalue weighted by Gasteiger charge is 1.97. The maximum absolute atomic E-state index is 6.63. The Bertz CT molecular complexity index is 71.3. The third-order valence-electron chi connectivity index (χ3n) is 0.374. The second kappa shape index (κ2) is 3.10. The first kappa shape index (κ1) is 7.05. The third-order valence-corrected chi connectivity index (χ3v) is 0.683. The Morgan fingerprint density at radius 1 is 1.71 bits per heavy atom. The van der Waals surface area contributed by atoms with E-state index in [9.17, 15) is 0 Å². The predicted molar refractivity (Wildman–Crippen MR) is 32.0 cm³/mol. The normalized spacial score (nSPS) is 9.57. The summed E-state index contributed by atoms with van der Waals surface area (Å²) in [5.74, 6) is 0.0231. The van der Waals surface area contributed by atoms with E-state index in [-0.39, 0.29) is 12.3 Å². The van der Waals surface area contributed by atoms with Gasteiger partial charge < -0.3 is 5.73 Å². The van der Waals surface area contributed by atoms with Crippen LogP contribution in [0.5, 0.6) is 0 Å². The van der Waals surface area contributed by atoms with Crippen molar-refractivity contribution in [2.45, 2.75) is 11.3 Å². The Hall–Kier alpha value is 0.0500. The van der Waals surface area contributed by atoms with Gasteiger partial charge in [-0.1, -0.05) is 0 Å². The van der Waals surface area contributed by atoms with E-state index in [1.807, 2.05) is 0 Å². The molecule has 0 aromatic carbocycles. The van der Waals surface area contributed by atoms with E-state index >= 15 is 0 Å². The van der Waals surface area contributed by atoms with Crippen molar-refractivity contribution in [3.63, 3.8) is 0 Å². The summed E-state index contributed by atoms with van der Waals surface area (Å²) in [5.41, 5.74) is 4.91. The fourth-order valence-corrected chi connectivity index (χ4v) is 0.499. The first-order valence-corrected chi connectivity index (χ1v) is 2.61. The molecule has 0 rings (SSSR count). The second-order valence-corrected chi connectivity index (χ2v) is 2.40. The smallest absolute Gasteiger partial charge is 0.114 e. The lowest BCUT2D eigenvalue weighted by Gasteiger charge is -1.93. The third kappa shape index (κ3) is 6.05. The van der Waals surface area contributed by atoms with Crippen LogP contribution in [0.25, 0.3) is 0 Å². The summed E-state index contributed by atoms with van der Waals surface area (Å²) in [4.78, 5) is -0.530. The number of nitrogens with two attached hydrogens (primary N) is 1. The molecule has 42 valence electrons. The highest BCUT2D eigenvalue weighted by molar-refractivity contribution is 6.45. The van der Waals surface area contributed by atoms with Gasteiger partial charge in [0.05, 0.1) is 5.84 Å². The lowest BCUT2D eigenvalue weighted by Crippen LogP contribution is -2.12. The number of alkyl halides is 2. The number of amidine groups is 1. The molecule has 0 amide bonds. The molecular weight excluding hydrogens is 135 g/mol. The van der Waals surface area contributed by atoms with Gasteiger partial charge in [0.1, 0.15) is 4.84 Å². The van der Waals surface area contributed by atoms with E-state index < -0.39 is 4.84 Å². The second-order valence-electron chi connectivity index (χ2n) is 1.12. The van der Waals surface area contributed by atoms with Gasteiger partial charge in [0.2, 0.25) is 0 Å². The van der Waals surface area contributed by atoms with E-state index in [4.69, 9.17) is 34.3 Å². The van der Waals surface area contributed by atoms with E-state index in [2.05, 4.69) is 0 Å². The Labute approximate surface area is 52.1 Å². The summed E-state index contributed by atoms with van der Waals surface area (Å²) in [6.07, 6.45) is 0.253. The van der Waals surface area contributed by atoms with Crippen LogP contribution in [-0.2, 0) is 0 Å². The zero-order valence-electron chi connectivity index (χ0n) is 3.62. The maximum atomic E-state index is 6.63. The first-order valence-electron chi connectivity index (χ1n) is 1.74. The number of hydrogen-bond donors (Lipinski definition) is 2. The number of hydrogen-bond acceptors (Lipinski definition) is 1. The van der Waals surface area contributed by atoms with Gasteiger partial charge >= 0.3 is 0 Å². The van der Waals surface area contributed by atoms with Crippen molar-refractivity contribution in [1.29, 1.82) is 5.41 Å². The van der Waals surface area contributed by atoms with Crippen LogP contribution in [-0.4, -0.2) is 10.7 Å². The van der Waals surface area contributed by atoms with E-state index in [1.165, 1.54) is 0 Å². The fraction of sp³-hybridized carbons (Fsp3) is 0.667. The van der Waals surface area contributed by atoms with Crippen LogP contribution in [0.1, 0.15) is 6.42 Å². The molecular formula is C3H6Cl2N2. The number of halogens is 2. The minimum atomic E-state index is -0.530. The van der Waals surface area contributed by atoms with Crippen LogP contribution in [0.15, 0.2) is 0 Å². The van der Waals surface area contributed by atoms with Crippen LogP contribution in [0, 0.1) is 5.41 Å². The van der Waals surface area contributed by atoms with Gasteiger partial charge in [0, 0.05) is 6.42 Å². The molecule has 4 heteroatoms. The van der Waals surface area contributed by atoms with Crippen LogP contribution in [0.3, 0.4) is 0 Å². The molecule has 0 fully saturated rings. The zero-order chi connectivity index (χ0) is 5.86. The minimum Gasteiger partial charge on any atom is -0.388 e. The fourth-order valence-electron chi connectivity index (χ4n) is 0.166. The van der Waals surface area contributed by atoms with Gasteiger partial charge in [-0.3, -0.25) is 5.41 Å². The molecule has 3 N–H and O–H groups in total. The van der Waals surface area contributed by atoms with Crippen molar-refractivity contribution < 1.29 is 0 Å². The predicted octanol–water partition coefficient (Wildman–Crippen LogP) is 1.12. The molecule has 2 nitrogen and oxygen atoms in total. The number of nitrogens with one attached hydrogen (secondary N) is 1. The van der Waals surface area contributed by atoms with Crippen molar-refractivity contribution in [2.75, 3.05) is 0 Å². The topological polar surface area (TPSA) is 49.9 Å². The van der Waals surface area contributed by atoms with Crippen LogP contribution >= 0.6 is 23.2 Å². The first-order chi connectivity index (χ1) is 3.13. The quantitative estimate of drug-likeness (QED) is 0.338. The highest BCUT2D eigenvalue weighted by Crippen LogP contribution is 2.04. The van der Waals surface area contributed by atoms with Crippen LogP contribution in [0.2, 0.25) is 0 Å². The Kier molecular flexibility index (Phi) is 3.13. The molecule has 0 atom stereocenters. The van der Waals surface area contributed by atoms with Gasteiger partial charge in [-0.2, -0.15) is 0 Å². The molecule has 0 unspecified atom stereocenters. The van der Waals surface area contributed by atoms with Crippen molar-refractivity contribution >= 4 is 29.0 Å². The molecule has 0 heterocycles. The van der Waals surface area contributed by atoms with Gasteiger partial charge in [-0.15, -0.1) is 23.2 Å². The average Bonchev–Trinajstić information content (AvgIpc) is 1.27. The summed E-state index contributed by atoms with van der Waals surface area (Å²) in [6.45, 7) is 0. The van der Waals surface area contributed by atoms with Crippen molar-refractivity contribution in [3.8, 4) is 0 Å². The molecule has 7 heavy (non-hydrogen) atoms. The Balaban J connectivity index is 3.13. The highest BCUT2D eigenvalue weighted by atomic mass is 35.5. The molecule has 0 aliphatic heterocycles. The van der Waals surface area contributed by atoms with Crippen LogP contribution in [0.4, 0.5) is 0 Å². The lowest BCUT2D eigenvalue weighted by atomic mass is 10.5. The summed E-state index contributed by atoms with van der Waals surface area (Å²) in [5, 5.41) is 6.63. The molecule has 0 aliphatic carbocycles. The largest absolute Gasteiger partial charge is 0.388 e. The summed E-state index contributed by atoms with van der Waals surface area (Å²) in [7, 11) is 0. The van der Waals surface area contributed by atoms with Crippen molar-refractivity contribution in [3.05, 3.63) is 0 Å². The summed E-state index contributed by atoms with van der Waals surface area (Å²) >= 11 is 10.4. The lowest BCUT2D eigenvalue weighted by molar-refractivity contribution is 1.16. The molecule has 0 saturated carbocycles. The molecule has 0 saturated heterocycles. The average molecular weight is 141 g/mol. The van der Waals surface area contributed by atoms with Gasteiger partial charge in [-0.25, -0.2) is 0 Å². The van der Waals surface area contributed by atoms with Gasteiger partial charge in [0.15, 0.2) is 0 Å². The zero-order valence-corrected chi connectivity index (χ0v) is 5.13. The van der Waals surface area contributed by atoms with Crippen molar-refractivity contribution in [2.24, 2.45) is 5.73 Å². The van der Waals surface area contributed by atoms with E-state index in [0.29, 0.717) is 0 Å². The molecule has 0 aliphatic rings. The minimum absolute atomic E-state index is 0.0231. The van der Waals surface area contributed by atoms with Crippen LogP contribution < -0.4 is 5.73 Å². The Morgan fingerprint density at radius 2 is 2.14 bits per heavy atom. The van der Waals surface area contributed by atoms with Gasteiger partial charge in [0.25, 0.3) is 0 Å². The molecule has 0 radical (unpaired) electrons. The standard InChI is InChI=1S/C3H6Cl2N2/c4-2(5)1-3(6)7/h2H,1H2,(H3,6,7). The van der Waals surface area contributed by atoms with Crippen molar-refractivity contribution in [1.82, 2.24) is 0 Å². The van der Waals surface area contributed by atoms with Gasteiger partial charge in [-0.05, 0) is 0 Å². The van der Waals surface area contributed by atoms with E-state index in [0.717, 1.165) is 0 Å². The van der Waals surface area contributed by atoms with E-state index in [1.54, 1.807) is 0 Å². The monoisotopic (exact) mass is 140 g/mol. The summed E-state index contributed by atoms with van der Waals surface area (Å²) < 4.78 is 0. The SMILES string of the molecule is N=C(N)CC(Cl)Cl. The summed E-state index contributed by atoms with van der Waals surface area (Å²) in [6, 6.07) is 0. The molecule has 0 bridgehead atoms. The number of rotatable bonds is 2. The molecule has 0 spiro atoms. The maximum Gasteiger partial charge on any atom is 0.114 e.